The second-order valence-corrected chi connectivity index (χ2v) is 8.32. The normalized spacial score (nSPS) is 11.7. The van der Waals surface area contributed by atoms with Crippen LogP contribution in [0.25, 0.3) is 10.9 Å². The van der Waals surface area contributed by atoms with Gasteiger partial charge in [-0.2, -0.15) is 12.7 Å². The number of aromatic nitrogens is 2. The predicted molar refractivity (Wildman–Crippen MR) is 109 cm³/mol. The van der Waals surface area contributed by atoms with Gasteiger partial charge in [0.05, 0.1) is 16.9 Å². The first-order valence-corrected chi connectivity index (χ1v) is 9.72. The summed E-state index contributed by atoms with van der Waals surface area (Å²) in [5.74, 6) is 1.15. The summed E-state index contributed by atoms with van der Waals surface area (Å²) in [6.07, 6.45) is 1.68. The Kier molecular flexibility index (Phi) is 4.90. The van der Waals surface area contributed by atoms with Crippen molar-refractivity contribution in [3.05, 3.63) is 47.7 Å². The lowest BCUT2D eigenvalue weighted by Crippen LogP contribution is -2.29. The summed E-state index contributed by atoms with van der Waals surface area (Å²) >= 11 is 0. The smallest absolute Gasteiger partial charge is 0.301 e. The number of nitrogen functional groups attached to an aromatic ring is 1. The molecule has 0 atom stereocenters. The van der Waals surface area contributed by atoms with Crippen LogP contribution in [0.5, 0.6) is 0 Å². The molecule has 1 aromatic carbocycles. The van der Waals surface area contributed by atoms with E-state index in [1.807, 2.05) is 32.0 Å². The molecule has 0 saturated heterocycles. The molecular weight excluding hydrogens is 364 g/mol. The van der Waals surface area contributed by atoms with Crippen molar-refractivity contribution in [3.63, 3.8) is 0 Å². The summed E-state index contributed by atoms with van der Waals surface area (Å²) < 4.78 is 28.0. The van der Waals surface area contributed by atoms with Crippen molar-refractivity contribution in [1.82, 2.24) is 14.3 Å². The van der Waals surface area contributed by atoms with Crippen molar-refractivity contribution >= 4 is 44.1 Å². The summed E-state index contributed by atoms with van der Waals surface area (Å²) in [4.78, 5) is 8.89. The minimum Gasteiger partial charge on any atom is -0.396 e. The van der Waals surface area contributed by atoms with Crippen LogP contribution >= 0.6 is 0 Å². The van der Waals surface area contributed by atoms with E-state index in [4.69, 9.17) is 5.73 Å². The van der Waals surface area contributed by atoms with Crippen molar-refractivity contribution in [2.75, 3.05) is 29.9 Å². The second-order valence-electron chi connectivity index (χ2n) is 6.43. The van der Waals surface area contributed by atoms with Crippen LogP contribution in [0.2, 0.25) is 0 Å². The molecule has 0 bridgehead atoms. The highest BCUT2D eigenvalue weighted by Gasteiger charge is 2.16. The lowest BCUT2D eigenvalue weighted by Gasteiger charge is -2.16. The maximum atomic E-state index is 12.2. The van der Waals surface area contributed by atoms with Crippen LogP contribution < -0.4 is 15.8 Å². The fourth-order valence-electron chi connectivity index (χ4n) is 2.52. The number of nitrogens with one attached hydrogen (secondary N) is 2. The van der Waals surface area contributed by atoms with Crippen LogP contribution in [0, 0.1) is 13.8 Å². The SMILES string of the molecule is Cc1cc2c(NS(=O)(=O)N(C)C)cccc2nc1Nc1nccc(C)c1N. The topological polar surface area (TPSA) is 113 Å². The Labute approximate surface area is 158 Å². The molecule has 0 fully saturated rings. The van der Waals surface area contributed by atoms with Gasteiger partial charge < -0.3 is 11.1 Å². The van der Waals surface area contributed by atoms with E-state index in [1.54, 1.807) is 18.3 Å². The zero-order chi connectivity index (χ0) is 19.8. The molecule has 4 N–H and O–H groups in total. The minimum absolute atomic E-state index is 0.469. The van der Waals surface area contributed by atoms with Crippen LogP contribution in [0.3, 0.4) is 0 Å². The van der Waals surface area contributed by atoms with Crippen molar-refractivity contribution < 1.29 is 8.42 Å². The van der Waals surface area contributed by atoms with E-state index in [0.717, 1.165) is 15.4 Å². The maximum Gasteiger partial charge on any atom is 0.301 e. The Bertz CT molecular complexity index is 1110. The molecule has 8 nitrogen and oxygen atoms in total. The van der Waals surface area contributed by atoms with E-state index in [-0.39, 0.29) is 0 Å². The molecule has 0 aliphatic carbocycles. The molecule has 142 valence electrons. The summed E-state index contributed by atoms with van der Waals surface area (Å²) in [7, 11) is -0.670. The van der Waals surface area contributed by atoms with Crippen molar-refractivity contribution in [2.24, 2.45) is 0 Å². The van der Waals surface area contributed by atoms with Crippen LogP contribution in [0.4, 0.5) is 23.0 Å². The third-order valence-electron chi connectivity index (χ3n) is 4.21. The largest absolute Gasteiger partial charge is 0.396 e. The molecule has 0 radical (unpaired) electrons. The van der Waals surface area contributed by atoms with E-state index >= 15 is 0 Å². The summed E-state index contributed by atoms with van der Waals surface area (Å²) in [6, 6.07) is 8.99. The van der Waals surface area contributed by atoms with Gasteiger partial charge in [0.25, 0.3) is 0 Å². The molecule has 2 heterocycles. The molecule has 2 aromatic heterocycles. The minimum atomic E-state index is -3.61. The second kappa shape index (κ2) is 7.01. The third-order valence-corrected chi connectivity index (χ3v) is 5.65. The van der Waals surface area contributed by atoms with E-state index in [2.05, 4.69) is 20.0 Å². The molecule has 0 aliphatic heterocycles. The molecular formula is C18H22N6O2S. The quantitative estimate of drug-likeness (QED) is 0.621. The third kappa shape index (κ3) is 3.79. The number of nitrogens with two attached hydrogens (primary N) is 1. The monoisotopic (exact) mass is 386 g/mol. The van der Waals surface area contributed by atoms with Crippen LogP contribution in [0.15, 0.2) is 36.5 Å². The highest BCUT2D eigenvalue weighted by Crippen LogP contribution is 2.30. The molecule has 9 heteroatoms. The zero-order valence-electron chi connectivity index (χ0n) is 15.6. The number of fused-ring (bicyclic) bond motifs is 1. The first-order chi connectivity index (χ1) is 12.7. The molecule has 0 spiro atoms. The van der Waals surface area contributed by atoms with Crippen molar-refractivity contribution in [2.45, 2.75) is 13.8 Å². The van der Waals surface area contributed by atoms with Crippen molar-refractivity contribution in [3.8, 4) is 0 Å². The Morgan fingerprint density at radius 2 is 1.81 bits per heavy atom. The highest BCUT2D eigenvalue weighted by molar-refractivity contribution is 7.90. The van der Waals surface area contributed by atoms with Crippen molar-refractivity contribution in [1.29, 1.82) is 0 Å². The molecule has 0 amide bonds. The number of rotatable bonds is 5. The number of aryl methyl sites for hydroxylation is 2. The average Bonchev–Trinajstić information content (AvgIpc) is 2.60. The molecule has 0 saturated carbocycles. The number of hydrogen-bond donors (Lipinski definition) is 3. The molecule has 3 rings (SSSR count). The number of nitrogens with zero attached hydrogens (tertiary/aromatic N) is 3. The van der Waals surface area contributed by atoms with Crippen LogP contribution in [0.1, 0.15) is 11.1 Å². The van der Waals surface area contributed by atoms with Gasteiger partial charge in [0, 0.05) is 25.7 Å². The van der Waals surface area contributed by atoms with Gasteiger partial charge in [-0.25, -0.2) is 9.97 Å². The fraction of sp³-hybridized carbons (Fsp3) is 0.222. The van der Waals surface area contributed by atoms with Gasteiger partial charge >= 0.3 is 10.2 Å². The Hall–Kier alpha value is -2.91. The van der Waals surface area contributed by atoms with Gasteiger partial charge in [-0.15, -0.1) is 0 Å². The van der Waals surface area contributed by atoms with Gasteiger partial charge in [-0.3, -0.25) is 4.72 Å². The van der Waals surface area contributed by atoms with E-state index in [0.29, 0.717) is 33.9 Å². The zero-order valence-corrected chi connectivity index (χ0v) is 16.4. The lowest BCUT2D eigenvalue weighted by atomic mass is 10.1. The number of benzene rings is 1. The maximum absolute atomic E-state index is 12.2. The van der Waals surface area contributed by atoms with E-state index in [9.17, 15) is 8.42 Å². The van der Waals surface area contributed by atoms with Gasteiger partial charge in [0.1, 0.15) is 5.82 Å². The standard InChI is InChI=1S/C18H22N6O2S/c1-11-8-9-20-18(16(11)19)22-17-12(2)10-13-14(21-17)6-5-7-15(13)23-27(25,26)24(3)4/h5-10,23H,19H2,1-4H3,(H,20,21,22). The summed E-state index contributed by atoms with van der Waals surface area (Å²) in [5.41, 5.74) is 9.52. The molecule has 27 heavy (non-hydrogen) atoms. The number of anilines is 4. The Morgan fingerprint density at radius 1 is 1.07 bits per heavy atom. The Morgan fingerprint density at radius 3 is 2.52 bits per heavy atom. The first-order valence-electron chi connectivity index (χ1n) is 8.28. The van der Waals surface area contributed by atoms with Gasteiger partial charge in [0.2, 0.25) is 0 Å². The number of hydrogen-bond acceptors (Lipinski definition) is 6. The fourth-order valence-corrected chi connectivity index (χ4v) is 3.16. The first kappa shape index (κ1) is 18.9. The number of pyridine rings is 2. The molecule has 0 aliphatic rings. The molecule has 3 aromatic rings. The lowest BCUT2D eigenvalue weighted by molar-refractivity contribution is 0.527. The van der Waals surface area contributed by atoms with Crippen LogP contribution in [-0.4, -0.2) is 36.8 Å². The van der Waals surface area contributed by atoms with Gasteiger partial charge in [-0.1, -0.05) is 6.07 Å². The average molecular weight is 386 g/mol. The summed E-state index contributed by atoms with van der Waals surface area (Å²) in [5, 5.41) is 3.87. The molecule has 0 unspecified atom stereocenters. The Balaban J connectivity index is 2.04. The van der Waals surface area contributed by atoms with Gasteiger partial charge in [-0.05, 0) is 49.2 Å². The van der Waals surface area contributed by atoms with E-state index in [1.165, 1.54) is 14.1 Å². The summed E-state index contributed by atoms with van der Waals surface area (Å²) in [6.45, 7) is 3.80. The van der Waals surface area contributed by atoms with Gasteiger partial charge in [0.15, 0.2) is 5.82 Å². The predicted octanol–water partition coefficient (Wildman–Crippen LogP) is 2.79. The van der Waals surface area contributed by atoms with Crippen LogP contribution in [-0.2, 0) is 10.2 Å². The van der Waals surface area contributed by atoms with E-state index < -0.39 is 10.2 Å². The highest BCUT2D eigenvalue weighted by atomic mass is 32.2.